The van der Waals surface area contributed by atoms with E-state index in [2.05, 4.69) is 0 Å². The summed E-state index contributed by atoms with van der Waals surface area (Å²) < 4.78 is 0. The molecule has 54 valence electrons. The van der Waals surface area contributed by atoms with Gasteiger partial charge in [-0.25, -0.2) is 15.6 Å². The number of aliphatic hydroxyl groups is 1. The van der Waals surface area contributed by atoms with Crippen molar-refractivity contribution >= 4 is 6.09 Å². The van der Waals surface area contributed by atoms with Crippen molar-refractivity contribution in [1.82, 2.24) is 5.01 Å². The zero-order chi connectivity index (χ0) is 7.44. The van der Waals surface area contributed by atoms with Crippen LogP contribution < -0.4 is 5.84 Å². The minimum atomic E-state index is -1.24. The number of hydrogen-bond donors (Lipinski definition) is 3. The van der Waals surface area contributed by atoms with Gasteiger partial charge in [-0.15, -0.1) is 0 Å². The van der Waals surface area contributed by atoms with Gasteiger partial charge in [-0.1, -0.05) is 0 Å². The van der Waals surface area contributed by atoms with E-state index in [1.165, 1.54) is 6.92 Å². The molecule has 0 aliphatic carbocycles. The zero-order valence-electron chi connectivity index (χ0n) is 5.11. The van der Waals surface area contributed by atoms with Crippen molar-refractivity contribution in [2.75, 3.05) is 6.61 Å². The Bertz CT molecular complexity index is 106. The number of nitrogens with two attached hydrogens (primary N) is 1. The van der Waals surface area contributed by atoms with Crippen molar-refractivity contribution in [3.8, 4) is 0 Å². The van der Waals surface area contributed by atoms with Crippen LogP contribution in [0.25, 0.3) is 0 Å². The minimum absolute atomic E-state index is 0.261. The zero-order valence-corrected chi connectivity index (χ0v) is 5.11. The van der Waals surface area contributed by atoms with Gasteiger partial charge in [-0.05, 0) is 6.92 Å². The molecule has 0 saturated carbocycles. The molecule has 5 nitrogen and oxygen atoms in total. The van der Waals surface area contributed by atoms with Gasteiger partial charge in [-0.3, -0.25) is 0 Å². The van der Waals surface area contributed by atoms with E-state index >= 15 is 0 Å². The lowest BCUT2D eigenvalue weighted by atomic mass is 10.4. The minimum Gasteiger partial charge on any atom is -0.464 e. The molecular weight excluding hydrogens is 124 g/mol. The summed E-state index contributed by atoms with van der Waals surface area (Å²) in [4.78, 5) is 9.99. The number of carboxylic acid groups (broad SMARTS) is 1. The predicted octanol–water partition coefficient (Wildman–Crippen LogP) is -0.779. The van der Waals surface area contributed by atoms with E-state index in [9.17, 15) is 4.79 Å². The lowest BCUT2D eigenvalue weighted by Crippen LogP contribution is -2.44. The molecule has 0 saturated heterocycles. The number of hydrogen-bond acceptors (Lipinski definition) is 3. The van der Waals surface area contributed by atoms with E-state index in [-0.39, 0.29) is 6.61 Å². The maximum Gasteiger partial charge on any atom is 0.421 e. The monoisotopic (exact) mass is 134 g/mol. The fraction of sp³-hybridized carbons (Fsp3) is 0.750. The fourth-order valence-corrected chi connectivity index (χ4v) is 0.276. The summed E-state index contributed by atoms with van der Waals surface area (Å²) in [5, 5.41) is 17.1. The maximum atomic E-state index is 9.99. The highest BCUT2D eigenvalue weighted by Gasteiger charge is 2.12. The first-order valence-corrected chi connectivity index (χ1v) is 2.47. The van der Waals surface area contributed by atoms with Gasteiger partial charge in [0.05, 0.1) is 12.6 Å². The van der Waals surface area contributed by atoms with Gasteiger partial charge in [0.15, 0.2) is 0 Å². The third kappa shape index (κ3) is 2.29. The molecule has 1 atom stereocenters. The van der Waals surface area contributed by atoms with Gasteiger partial charge < -0.3 is 10.2 Å². The molecule has 9 heavy (non-hydrogen) atoms. The highest BCUT2D eigenvalue weighted by molar-refractivity contribution is 5.64. The molecule has 4 N–H and O–H groups in total. The Morgan fingerprint density at radius 2 is 2.33 bits per heavy atom. The summed E-state index contributed by atoms with van der Waals surface area (Å²) >= 11 is 0. The first kappa shape index (κ1) is 8.19. The summed E-state index contributed by atoms with van der Waals surface area (Å²) in [6.07, 6.45) is -1.24. The molecule has 5 heteroatoms. The Morgan fingerprint density at radius 1 is 1.89 bits per heavy atom. The van der Waals surface area contributed by atoms with Gasteiger partial charge in [0.25, 0.3) is 0 Å². The van der Waals surface area contributed by atoms with E-state index < -0.39 is 12.1 Å². The molecule has 0 aliphatic heterocycles. The SMILES string of the molecule is CC(CO)N(N)C(=O)O. The van der Waals surface area contributed by atoms with Crippen LogP contribution >= 0.6 is 0 Å². The van der Waals surface area contributed by atoms with Crippen molar-refractivity contribution in [3.05, 3.63) is 0 Å². The molecule has 0 fully saturated rings. The molecule has 0 aromatic rings. The van der Waals surface area contributed by atoms with Crippen LogP contribution in [-0.2, 0) is 0 Å². The molecule has 0 spiro atoms. The van der Waals surface area contributed by atoms with Crippen molar-refractivity contribution in [2.45, 2.75) is 13.0 Å². The highest BCUT2D eigenvalue weighted by atomic mass is 16.4. The second-order valence-electron chi connectivity index (χ2n) is 1.72. The molecular formula is C4H10N2O3. The van der Waals surface area contributed by atoms with E-state index in [1.54, 1.807) is 0 Å². The number of aliphatic hydroxyl groups excluding tert-OH is 1. The molecule has 1 amide bonds. The number of carbonyl (C=O) groups is 1. The highest BCUT2D eigenvalue weighted by Crippen LogP contribution is 1.89. The van der Waals surface area contributed by atoms with Gasteiger partial charge in [-0.2, -0.15) is 0 Å². The normalized spacial score (nSPS) is 12.8. The molecule has 0 bridgehead atoms. The fourth-order valence-electron chi connectivity index (χ4n) is 0.276. The van der Waals surface area contributed by atoms with Crippen LogP contribution in [0.3, 0.4) is 0 Å². The van der Waals surface area contributed by atoms with E-state index in [0.29, 0.717) is 5.01 Å². The molecule has 0 aromatic carbocycles. The van der Waals surface area contributed by atoms with Crippen LogP contribution in [0.4, 0.5) is 4.79 Å². The summed E-state index contributed by atoms with van der Waals surface area (Å²) in [6.45, 7) is 1.25. The average Bonchev–Trinajstić information content (AvgIpc) is 1.84. The predicted molar refractivity (Wildman–Crippen MR) is 30.6 cm³/mol. The Hall–Kier alpha value is -0.810. The van der Waals surface area contributed by atoms with Gasteiger partial charge in [0.2, 0.25) is 0 Å². The molecule has 0 heterocycles. The van der Waals surface area contributed by atoms with E-state index in [0.717, 1.165) is 0 Å². The number of amides is 1. The van der Waals surface area contributed by atoms with Crippen molar-refractivity contribution in [3.63, 3.8) is 0 Å². The molecule has 0 aromatic heterocycles. The summed E-state index contributed by atoms with van der Waals surface area (Å²) in [6, 6.07) is -0.539. The topological polar surface area (TPSA) is 86.8 Å². The first-order valence-electron chi connectivity index (χ1n) is 2.47. The second kappa shape index (κ2) is 3.26. The largest absolute Gasteiger partial charge is 0.464 e. The summed E-state index contributed by atoms with van der Waals surface area (Å²) in [5.41, 5.74) is 0. The lowest BCUT2D eigenvalue weighted by Gasteiger charge is -2.17. The standard InChI is InChI=1S/C4H10N2O3/c1-3(2-7)6(5)4(8)9/h3,7H,2,5H2,1H3,(H,8,9). The van der Waals surface area contributed by atoms with Crippen LogP contribution in [0.5, 0.6) is 0 Å². The molecule has 0 radical (unpaired) electrons. The molecule has 0 rings (SSSR count). The third-order valence-electron chi connectivity index (χ3n) is 0.960. The van der Waals surface area contributed by atoms with Crippen LogP contribution in [0.15, 0.2) is 0 Å². The second-order valence-corrected chi connectivity index (χ2v) is 1.72. The Morgan fingerprint density at radius 3 is 2.44 bits per heavy atom. The van der Waals surface area contributed by atoms with Crippen LogP contribution in [-0.4, -0.2) is 34.0 Å². The van der Waals surface area contributed by atoms with E-state index in [1.807, 2.05) is 0 Å². The number of rotatable bonds is 2. The van der Waals surface area contributed by atoms with E-state index in [4.69, 9.17) is 16.1 Å². The molecule has 1 unspecified atom stereocenters. The smallest absolute Gasteiger partial charge is 0.421 e. The quantitative estimate of drug-likeness (QED) is 0.262. The van der Waals surface area contributed by atoms with Gasteiger partial charge in [0, 0.05) is 0 Å². The summed E-state index contributed by atoms with van der Waals surface area (Å²) in [7, 11) is 0. The molecule has 0 aliphatic rings. The van der Waals surface area contributed by atoms with Crippen molar-refractivity contribution < 1.29 is 15.0 Å². The van der Waals surface area contributed by atoms with Crippen LogP contribution in [0, 0.1) is 0 Å². The lowest BCUT2D eigenvalue weighted by molar-refractivity contribution is 0.104. The first-order chi connectivity index (χ1) is 4.09. The number of nitrogens with zero attached hydrogens (tertiary/aromatic N) is 1. The third-order valence-corrected chi connectivity index (χ3v) is 0.960. The van der Waals surface area contributed by atoms with Crippen LogP contribution in [0.2, 0.25) is 0 Å². The van der Waals surface area contributed by atoms with Crippen LogP contribution in [0.1, 0.15) is 6.92 Å². The average molecular weight is 134 g/mol. The van der Waals surface area contributed by atoms with Gasteiger partial charge in [0.1, 0.15) is 0 Å². The summed E-state index contributed by atoms with van der Waals surface area (Å²) in [5.74, 6) is 4.94. The van der Waals surface area contributed by atoms with Crippen molar-refractivity contribution in [1.29, 1.82) is 0 Å². The van der Waals surface area contributed by atoms with Gasteiger partial charge >= 0.3 is 6.09 Å². The Labute approximate surface area is 52.7 Å². The Balaban J connectivity index is 3.72. The maximum absolute atomic E-state index is 9.99. The number of hydrazine groups is 1. The van der Waals surface area contributed by atoms with Crippen molar-refractivity contribution in [2.24, 2.45) is 5.84 Å². The Kier molecular flexibility index (Phi) is 2.97.